The van der Waals surface area contributed by atoms with Gasteiger partial charge in [-0.3, -0.25) is 4.79 Å². The lowest BCUT2D eigenvalue weighted by Crippen LogP contribution is -2.25. The van der Waals surface area contributed by atoms with Crippen molar-refractivity contribution in [2.24, 2.45) is 5.92 Å². The van der Waals surface area contributed by atoms with E-state index in [9.17, 15) is 21.6 Å². The normalized spacial score (nSPS) is 20.3. The summed E-state index contributed by atoms with van der Waals surface area (Å²) in [7, 11) is -6.20. The Morgan fingerprint density at radius 2 is 2.09 bits per heavy atom. The Bertz CT molecular complexity index is 784. The second-order valence-electron chi connectivity index (χ2n) is 5.97. The average Bonchev–Trinajstić information content (AvgIpc) is 2.82. The van der Waals surface area contributed by atoms with Crippen LogP contribution in [0.15, 0.2) is 29.2 Å². The first-order chi connectivity index (χ1) is 10.7. The Morgan fingerprint density at radius 3 is 2.70 bits per heavy atom. The molecule has 1 aliphatic rings. The van der Waals surface area contributed by atoms with E-state index < -0.39 is 19.7 Å². The molecule has 0 spiro atoms. The number of hydrogen-bond donors (Lipinski definition) is 1. The summed E-state index contributed by atoms with van der Waals surface area (Å²) in [5.74, 6) is 0.375. The Balaban J connectivity index is 1.81. The summed E-state index contributed by atoms with van der Waals surface area (Å²) in [6.07, 6.45) is 3.27. The quantitative estimate of drug-likeness (QED) is 0.765. The zero-order valence-corrected chi connectivity index (χ0v) is 14.6. The van der Waals surface area contributed by atoms with Crippen LogP contribution in [0.1, 0.15) is 29.6 Å². The Morgan fingerprint density at radius 1 is 1.35 bits per heavy atom. The van der Waals surface area contributed by atoms with Crippen LogP contribution >= 0.6 is 0 Å². The van der Waals surface area contributed by atoms with E-state index >= 15 is 0 Å². The number of amides is 1. The second kappa shape index (κ2) is 7.00. The largest absolute Gasteiger partial charge is 0.352 e. The molecule has 1 aromatic carbocycles. The Kier molecular flexibility index (Phi) is 5.46. The van der Waals surface area contributed by atoms with E-state index in [-0.39, 0.29) is 28.2 Å². The molecule has 1 amide bonds. The van der Waals surface area contributed by atoms with E-state index in [1.807, 2.05) is 0 Å². The maximum absolute atomic E-state index is 12.0. The van der Waals surface area contributed by atoms with Crippen LogP contribution in [0.2, 0.25) is 0 Å². The van der Waals surface area contributed by atoms with Gasteiger partial charge in [-0.2, -0.15) is 0 Å². The van der Waals surface area contributed by atoms with Gasteiger partial charge in [0, 0.05) is 18.4 Å². The van der Waals surface area contributed by atoms with Crippen LogP contribution in [0, 0.1) is 5.92 Å². The number of hydrogen-bond acceptors (Lipinski definition) is 5. The highest BCUT2D eigenvalue weighted by atomic mass is 32.2. The van der Waals surface area contributed by atoms with Gasteiger partial charge in [-0.05, 0) is 43.4 Å². The first-order valence-corrected chi connectivity index (χ1v) is 11.2. The van der Waals surface area contributed by atoms with Gasteiger partial charge in [0.15, 0.2) is 19.7 Å². The predicted octanol–water partition coefficient (Wildman–Crippen LogP) is 1.03. The highest BCUT2D eigenvalue weighted by Crippen LogP contribution is 2.22. The topological polar surface area (TPSA) is 97.4 Å². The number of sulfone groups is 2. The highest BCUT2D eigenvalue weighted by Gasteiger charge is 2.27. The molecule has 23 heavy (non-hydrogen) atoms. The fourth-order valence-electron chi connectivity index (χ4n) is 2.66. The van der Waals surface area contributed by atoms with Crippen molar-refractivity contribution in [3.63, 3.8) is 0 Å². The van der Waals surface area contributed by atoms with E-state index in [4.69, 9.17) is 0 Å². The van der Waals surface area contributed by atoms with Gasteiger partial charge >= 0.3 is 0 Å². The maximum atomic E-state index is 12.0. The Hall–Kier alpha value is -1.41. The van der Waals surface area contributed by atoms with Crippen LogP contribution < -0.4 is 5.32 Å². The smallest absolute Gasteiger partial charge is 0.251 e. The van der Waals surface area contributed by atoms with Crippen molar-refractivity contribution < 1.29 is 21.6 Å². The highest BCUT2D eigenvalue weighted by molar-refractivity contribution is 7.91. The summed E-state index contributed by atoms with van der Waals surface area (Å²) in [6.45, 7) is 0.443. The molecule has 1 saturated heterocycles. The molecule has 6 nitrogen and oxygen atoms in total. The number of carbonyl (C=O) groups is 1. The first-order valence-electron chi connectivity index (χ1n) is 7.46. The molecule has 1 N–H and O–H groups in total. The molecule has 0 aliphatic carbocycles. The maximum Gasteiger partial charge on any atom is 0.251 e. The summed E-state index contributed by atoms with van der Waals surface area (Å²) >= 11 is 0. The van der Waals surface area contributed by atoms with Gasteiger partial charge in [-0.25, -0.2) is 16.8 Å². The summed E-state index contributed by atoms with van der Waals surface area (Å²) in [5, 5.41) is 2.74. The number of benzene rings is 1. The summed E-state index contributed by atoms with van der Waals surface area (Å²) in [4.78, 5) is 12.1. The molecule has 128 valence electrons. The van der Waals surface area contributed by atoms with E-state index in [0.717, 1.165) is 12.7 Å². The predicted molar refractivity (Wildman–Crippen MR) is 87.9 cm³/mol. The van der Waals surface area contributed by atoms with Crippen molar-refractivity contribution in [2.75, 3.05) is 24.3 Å². The second-order valence-corrected chi connectivity index (χ2v) is 10.2. The van der Waals surface area contributed by atoms with Crippen molar-refractivity contribution in [3.8, 4) is 0 Å². The SMILES string of the molecule is CS(=O)(=O)c1cccc(C(=O)NCCCC2CCS(=O)(=O)C2)c1. The summed E-state index contributed by atoms with van der Waals surface area (Å²) in [5.41, 5.74) is 0.302. The molecule has 1 aliphatic heterocycles. The van der Waals surface area contributed by atoms with Crippen LogP contribution in [0.3, 0.4) is 0 Å². The minimum atomic E-state index is -3.34. The molecule has 1 atom stereocenters. The first kappa shape index (κ1) is 17.9. The third kappa shape index (κ3) is 5.31. The van der Waals surface area contributed by atoms with Crippen molar-refractivity contribution >= 4 is 25.6 Å². The van der Waals surface area contributed by atoms with Gasteiger partial charge < -0.3 is 5.32 Å². The zero-order chi connectivity index (χ0) is 17.1. The van der Waals surface area contributed by atoms with Gasteiger partial charge in [0.2, 0.25) is 0 Å². The van der Waals surface area contributed by atoms with E-state index in [1.165, 1.54) is 18.2 Å². The van der Waals surface area contributed by atoms with Crippen molar-refractivity contribution in [1.82, 2.24) is 5.32 Å². The molecule has 0 radical (unpaired) electrons. The van der Waals surface area contributed by atoms with Crippen LogP contribution in [0.4, 0.5) is 0 Å². The molecular formula is C15H21NO5S2. The van der Waals surface area contributed by atoms with Gasteiger partial charge in [-0.1, -0.05) is 6.07 Å². The van der Waals surface area contributed by atoms with E-state index in [0.29, 0.717) is 24.9 Å². The third-order valence-electron chi connectivity index (χ3n) is 3.93. The van der Waals surface area contributed by atoms with Crippen molar-refractivity contribution in [2.45, 2.75) is 24.2 Å². The van der Waals surface area contributed by atoms with Gasteiger partial charge in [0.05, 0.1) is 16.4 Å². The summed E-state index contributed by atoms with van der Waals surface area (Å²) < 4.78 is 45.7. The average molecular weight is 359 g/mol. The summed E-state index contributed by atoms with van der Waals surface area (Å²) in [6, 6.07) is 5.91. The molecule has 1 heterocycles. The standard InChI is InChI=1S/C15H21NO5S2/c1-22(18,19)14-6-2-5-13(10-14)15(17)16-8-3-4-12-7-9-23(20,21)11-12/h2,5-6,10,12H,3-4,7-9,11H2,1H3,(H,16,17). The fraction of sp³-hybridized carbons (Fsp3) is 0.533. The van der Waals surface area contributed by atoms with Gasteiger partial charge in [0.25, 0.3) is 5.91 Å². The molecule has 2 rings (SSSR count). The number of carbonyl (C=O) groups excluding carboxylic acids is 1. The molecular weight excluding hydrogens is 338 g/mol. The minimum Gasteiger partial charge on any atom is -0.352 e. The fourth-order valence-corrected chi connectivity index (χ4v) is 5.24. The van der Waals surface area contributed by atoms with Crippen LogP contribution in [-0.4, -0.2) is 47.0 Å². The molecule has 0 saturated carbocycles. The van der Waals surface area contributed by atoms with Crippen molar-refractivity contribution in [1.29, 1.82) is 0 Å². The lowest BCUT2D eigenvalue weighted by atomic mass is 10.0. The minimum absolute atomic E-state index is 0.112. The Labute approximate surface area is 137 Å². The van der Waals surface area contributed by atoms with E-state index in [1.54, 1.807) is 6.07 Å². The number of rotatable bonds is 6. The molecule has 1 aromatic rings. The molecule has 1 fully saturated rings. The van der Waals surface area contributed by atoms with Crippen LogP contribution in [0.5, 0.6) is 0 Å². The van der Waals surface area contributed by atoms with Crippen LogP contribution in [0.25, 0.3) is 0 Å². The third-order valence-corrected chi connectivity index (χ3v) is 6.87. The molecule has 0 aromatic heterocycles. The molecule has 0 bridgehead atoms. The zero-order valence-electron chi connectivity index (χ0n) is 13.0. The lowest BCUT2D eigenvalue weighted by molar-refractivity contribution is 0.0952. The number of nitrogens with one attached hydrogen (secondary N) is 1. The van der Waals surface area contributed by atoms with Crippen molar-refractivity contribution in [3.05, 3.63) is 29.8 Å². The van der Waals surface area contributed by atoms with E-state index in [2.05, 4.69) is 5.32 Å². The lowest BCUT2D eigenvalue weighted by Gasteiger charge is -2.09. The van der Waals surface area contributed by atoms with Crippen LogP contribution in [-0.2, 0) is 19.7 Å². The molecule has 1 unspecified atom stereocenters. The van der Waals surface area contributed by atoms with Gasteiger partial charge in [0.1, 0.15) is 0 Å². The van der Waals surface area contributed by atoms with Gasteiger partial charge in [-0.15, -0.1) is 0 Å². The monoisotopic (exact) mass is 359 g/mol. The molecule has 8 heteroatoms.